The van der Waals surface area contributed by atoms with Gasteiger partial charge in [0, 0.05) is 5.38 Å². The van der Waals surface area contributed by atoms with Crippen molar-refractivity contribution in [2.45, 2.75) is 39.2 Å². The van der Waals surface area contributed by atoms with Crippen molar-refractivity contribution in [2.75, 3.05) is 13.1 Å². The fraction of sp³-hybridized carbons (Fsp3) is 0.692. The Morgan fingerprint density at radius 3 is 2.70 bits per heavy atom. The standard InChI is InChI=1S/C13H21N3OS.2ClH/c1-9(2)11-8-18-13(16-11)7-15-12(17)6-14-5-10-3-4-10;;/h8-10,14H,3-7H2,1-2H3,(H,15,17);2*1H. The van der Waals surface area contributed by atoms with Crippen LogP contribution in [0.5, 0.6) is 0 Å². The Kier molecular flexibility index (Phi) is 9.38. The van der Waals surface area contributed by atoms with E-state index in [9.17, 15) is 4.79 Å². The number of amides is 1. The lowest BCUT2D eigenvalue weighted by atomic mass is 10.2. The molecule has 2 rings (SSSR count). The maximum absolute atomic E-state index is 11.6. The smallest absolute Gasteiger partial charge is 0.234 e. The Bertz CT molecular complexity index is 408. The zero-order chi connectivity index (χ0) is 13.0. The molecule has 7 heteroatoms. The van der Waals surface area contributed by atoms with Gasteiger partial charge in [-0.2, -0.15) is 0 Å². The molecule has 20 heavy (non-hydrogen) atoms. The highest BCUT2D eigenvalue weighted by molar-refractivity contribution is 7.09. The average molecular weight is 340 g/mol. The molecule has 1 aromatic heterocycles. The summed E-state index contributed by atoms with van der Waals surface area (Å²) in [6, 6.07) is 0. The summed E-state index contributed by atoms with van der Waals surface area (Å²) in [6.45, 7) is 6.18. The number of nitrogens with zero attached hydrogens (tertiary/aromatic N) is 1. The molecule has 0 bridgehead atoms. The van der Waals surface area contributed by atoms with Crippen molar-refractivity contribution in [1.29, 1.82) is 0 Å². The topological polar surface area (TPSA) is 54.0 Å². The molecule has 0 saturated heterocycles. The van der Waals surface area contributed by atoms with E-state index in [-0.39, 0.29) is 30.7 Å². The number of halogens is 2. The van der Waals surface area contributed by atoms with Gasteiger partial charge in [-0.25, -0.2) is 4.98 Å². The van der Waals surface area contributed by atoms with E-state index >= 15 is 0 Å². The van der Waals surface area contributed by atoms with Crippen molar-refractivity contribution in [3.05, 3.63) is 16.1 Å². The van der Waals surface area contributed by atoms with Crippen LogP contribution in [0.1, 0.15) is 43.3 Å². The van der Waals surface area contributed by atoms with Gasteiger partial charge in [0.25, 0.3) is 0 Å². The lowest BCUT2D eigenvalue weighted by Crippen LogP contribution is -2.34. The van der Waals surface area contributed by atoms with Crippen molar-refractivity contribution in [3.63, 3.8) is 0 Å². The molecule has 1 heterocycles. The molecule has 1 aliphatic carbocycles. The zero-order valence-corrected chi connectivity index (χ0v) is 14.3. The van der Waals surface area contributed by atoms with E-state index in [1.54, 1.807) is 11.3 Å². The van der Waals surface area contributed by atoms with Gasteiger partial charge in [-0.05, 0) is 31.2 Å². The fourth-order valence-corrected chi connectivity index (χ4v) is 2.52. The van der Waals surface area contributed by atoms with Crippen LogP contribution in [0.15, 0.2) is 5.38 Å². The van der Waals surface area contributed by atoms with Gasteiger partial charge in [0.05, 0.1) is 18.8 Å². The van der Waals surface area contributed by atoms with Crippen LogP contribution in [0.4, 0.5) is 0 Å². The second-order valence-corrected chi connectivity index (χ2v) is 6.11. The molecule has 1 amide bonds. The monoisotopic (exact) mass is 339 g/mol. The molecule has 4 nitrogen and oxygen atoms in total. The first-order valence-electron chi connectivity index (χ1n) is 6.57. The third kappa shape index (κ3) is 6.88. The molecular formula is C13H23Cl2N3OS. The van der Waals surface area contributed by atoms with Crippen LogP contribution in [0.3, 0.4) is 0 Å². The van der Waals surface area contributed by atoms with Crippen molar-refractivity contribution in [2.24, 2.45) is 5.92 Å². The van der Waals surface area contributed by atoms with Crippen molar-refractivity contribution in [3.8, 4) is 0 Å². The maximum Gasteiger partial charge on any atom is 0.234 e. The van der Waals surface area contributed by atoms with Crippen LogP contribution in [-0.4, -0.2) is 24.0 Å². The fourth-order valence-electron chi connectivity index (χ4n) is 1.62. The average Bonchev–Trinajstić information content (AvgIpc) is 3.02. The third-order valence-corrected chi connectivity index (χ3v) is 3.88. The van der Waals surface area contributed by atoms with Crippen LogP contribution >= 0.6 is 36.2 Å². The first-order valence-corrected chi connectivity index (χ1v) is 7.45. The molecule has 0 atom stereocenters. The summed E-state index contributed by atoms with van der Waals surface area (Å²) in [5.41, 5.74) is 1.11. The molecule has 1 aromatic rings. The van der Waals surface area contributed by atoms with Gasteiger partial charge in [-0.3, -0.25) is 4.79 Å². The minimum atomic E-state index is 0. The normalized spacial score (nSPS) is 13.6. The second-order valence-electron chi connectivity index (χ2n) is 5.17. The molecule has 116 valence electrons. The minimum Gasteiger partial charge on any atom is -0.348 e. The van der Waals surface area contributed by atoms with Crippen LogP contribution in [-0.2, 0) is 11.3 Å². The van der Waals surface area contributed by atoms with Crippen LogP contribution in [0.25, 0.3) is 0 Å². The van der Waals surface area contributed by atoms with Crippen molar-refractivity contribution < 1.29 is 4.79 Å². The SMILES string of the molecule is CC(C)c1csc(CNC(=O)CNCC2CC2)n1.Cl.Cl. The molecular weight excluding hydrogens is 317 g/mol. The summed E-state index contributed by atoms with van der Waals surface area (Å²) in [5, 5.41) is 9.12. The van der Waals surface area contributed by atoms with E-state index in [1.807, 2.05) is 0 Å². The van der Waals surface area contributed by atoms with Gasteiger partial charge in [0.2, 0.25) is 5.91 Å². The summed E-state index contributed by atoms with van der Waals surface area (Å²) >= 11 is 1.61. The number of hydrogen-bond acceptors (Lipinski definition) is 4. The van der Waals surface area contributed by atoms with E-state index in [0.29, 0.717) is 19.0 Å². The zero-order valence-electron chi connectivity index (χ0n) is 11.8. The largest absolute Gasteiger partial charge is 0.348 e. The minimum absolute atomic E-state index is 0. The molecule has 0 aliphatic heterocycles. The lowest BCUT2D eigenvalue weighted by Gasteiger charge is -2.04. The van der Waals surface area contributed by atoms with Gasteiger partial charge in [0.1, 0.15) is 5.01 Å². The predicted octanol–water partition coefficient (Wildman–Crippen LogP) is 2.73. The van der Waals surface area contributed by atoms with Crippen LogP contribution in [0.2, 0.25) is 0 Å². The summed E-state index contributed by atoms with van der Waals surface area (Å²) in [6.07, 6.45) is 2.62. The summed E-state index contributed by atoms with van der Waals surface area (Å²) in [7, 11) is 0. The summed E-state index contributed by atoms with van der Waals surface area (Å²) in [5.74, 6) is 1.31. The van der Waals surface area contributed by atoms with E-state index in [2.05, 4.69) is 34.8 Å². The Labute approximate surface area is 137 Å². The van der Waals surface area contributed by atoms with Gasteiger partial charge < -0.3 is 10.6 Å². The maximum atomic E-state index is 11.6. The van der Waals surface area contributed by atoms with E-state index < -0.39 is 0 Å². The molecule has 0 unspecified atom stereocenters. The number of carbonyl (C=O) groups excluding carboxylic acids is 1. The van der Waals surface area contributed by atoms with E-state index in [1.165, 1.54) is 12.8 Å². The Morgan fingerprint density at radius 1 is 1.45 bits per heavy atom. The first-order chi connectivity index (χ1) is 8.65. The number of thiazole rings is 1. The van der Waals surface area contributed by atoms with E-state index in [0.717, 1.165) is 23.2 Å². The number of carbonyl (C=O) groups is 1. The number of nitrogens with one attached hydrogen (secondary N) is 2. The van der Waals surface area contributed by atoms with Gasteiger partial charge in [0.15, 0.2) is 0 Å². The molecule has 1 aliphatic rings. The van der Waals surface area contributed by atoms with Gasteiger partial charge >= 0.3 is 0 Å². The molecule has 2 N–H and O–H groups in total. The number of rotatable bonds is 7. The van der Waals surface area contributed by atoms with Crippen molar-refractivity contribution in [1.82, 2.24) is 15.6 Å². The quantitative estimate of drug-likeness (QED) is 0.802. The van der Waals surface area contributed by atoms with Gasteiger partial charge in [-0.15, -0.1) is 36.2 Å². The first kappa shape index (κ1) is 19.6. The molecule has 0 spiro atoms. The predicted molar refractivity (Wildman–Crippen MR) is 88.1 cm³/mol. The second kappa shape index (κ2) is 9.55. The Balaban J connectivity index is 0.00000180. The van der Waals surface area contributed by atoms with Crippen LogP contribution in [0, 0.1) is 5.92 Å². The summed E-state index contributed by atoms with van der Waals surface area (Å²) < 4.78 is 0. The molecule has 1 saturated carbocycles. The highest BCUT2D eigenvalue weighted by Crippen LogP contribution is 2.27. The lowest BCUT2D eigenvalue weighted by molar-refractivity contribution is -0.120. The Morgan fingerprint density at radius 2 is 2.15 bits per heavy atom. The number of aromatic nitrogens is 1. The highest BCUT2D eigenvalue weighted by atomic mass is 35.5. The van der Waals surface area contributed by atoms with Crippen molar-refractivity contribution >= 4 is 42.1 Å². The molecule has 1 fully saturated rings. The third-order valence-electron chi connectivity index (χ3n) is 3.01. The molecule has 0 aromatic carbocycles. The van der Waals surface area contributed by atoms with E-state index in [4.69, 9.17) is 0 Å². The molecule has 0 radical (unpaired) electrons. The number of hydrogen-bond donors (Lipinski definition) is 2. The van der Waals surface area contributed by atoms with Gasteiger partial charge in [-0.1, -0.05) is 13.8 Å². The summed E-state index contributed by atoms with van der Waals surface area (Å²) in [4.78, 5) is 16.0. The van der Waals surface area contributed by atoms with Crippen LogP contribution < -0.4 is 10.6 Å². The Hall–Kier alpha value is -0.360. The highest BCUT2D eigenvalue weighted by Gasteiger charge is 2.20.